The van der Waals surface area contributed by atoms with Gasteiger partial charge in [0.2, 0.25) is 0 Å². The number of carbonyl (C=O) groups excluding carboxylic acids is 2. The van der Waals surface area contributed by atoms with Crippen molar-refractivity contribution in [2.45, 2.75) is 58.5 Å². The van der Waals surface area contributed by atoms with Crippen molar-refractivity contribution >= 4 is 28.3 Å². The number of carbonyl (C=O) groups is 2. The SMILES string of the molecule is CCC1CCC[N+]1(NC(=O)[C@H](CC(C)C)NC(=O)c1ccc2ccccc2c1)c1cccc(-c2ccccn2)c1. The highest BCUT2D eigenvalue weighted by Crippen LogP contribution is 2.36. The molecule has 1 fully saturated rings. The lowest BCUT2D eigenvalue weighted by molar-refractivity contribution is -0.128. The van der Waals surface area contributed by atoms with Crippen LogP contribution in [0.2, 0.25) is 0 Å². The third-order valence-corrected chi connectivity index (χ3v) is 8.06. The van der Waals surface area contributed by atoms with Crippen molar-refractivity contribution < 1.29 is 9.59 Å². The molecular formula is C34H39N4O2+. The van der Waals surface area contributed by atoms with Crippen LogP contribution in [-0.4, -0.2) is 35.4 Å². The molecule has 6 heteroatoms. The fourth-order valence-electron chi connectivity index (χ4n) is 6.04. The third-order valence-electron chi connectivity index (χ3n) is 8.06. The van der Waals surface area contributed by atoms with Crippen LogP contribution >= 0.6 is 0 Å². The first-order valence-electron chi connectivity index (χ1n) is 14.4. The van der Waals surface area contributed by atoms with Crippen molar-refractivity contribution in [3.05, 3.63) is 96.7 Å². The first kappa shape index (κ1) is 27.5. The summed E-state index contributed by atoms with van der Waals surface area (Å²) in [5.41, 5.74) is 6.97. The topological polar surface area (TPSA) is 71.1 Å². The molecule has 0 spiro atoms. The number of rotatable bonds is 9. The molecule has 0 bridgehead atoms. The molecule has 6 nitrogen and oxygen atoms in total. The van der Waals surface area contributed by atoms with Gasteiger partial charge in [0.05, 0.1) is 5.69 Å². The molecule has 2 N–H and O–H groups in total. The molecule has 1 aliphatic rings. The summed E-state index contributed by atoms with van der Waals surface area (Å²) in [4.78, 5) is 32.0. The Hall–Kier alpha value is -4.03. The summed E-state index contributed by atoms with van der Waals surface area (Å²) >= 11 is 0. The van der Waals surface area contributed by atoms with E-state index < -0.39 is 6.04 Å². The number of fused-ring (bicyclic) bond motifs is 1. The standard InChI is InChI=1S/C34H38N4O2/c1-4-29-15-10-20-38(29,30-14-9-13-27(23-30)31-16-7-8-19-35-31)37-34(40)32(21-24(2)3)36-33(39)28-18-17-25-11-5-6-12-26(25)22-28/h5-9,11-14,16-19,22-24,29,32H,4,10,15,20-21H2,1-3H3,(H-,36,37,39,40)/p+1/t29?,32-,38?/m0/s1. The average Bonchev–Trinajstić information content (AvgIpc) is 3.40. The summed E-state index contributed by atoms with van der Waals surface area (Å²) < 4.78 is 0.385. The van der Waals surface area contributed by atoms with Crippen LogP contribution in [0.3, 0.4) is 0 Å². The van der Waals surface area contributed by atoms with Crippen molar-refractivity contribution in [1.82, 2.24) is 20.3 Å². The molecule has 2 amide bonds. The van der Waals surface area contributed by atoms with Gasteiger partial charge < -0.3 is 5.32 Å². The van der Waals surface area contributed by atoms with E-state index in [-0.39, 0.29) is 23.8 Å². The predicted molar refractivity (Wildman–Crippen MR) is 162 cm³/mol. The van der Waals surface area contributed by atoms with E-state index in [1.54, 1.807) is 6.20 Å². The maximum atomic E-state index is 14.1. The molecule has 0 aliphatic carbocycles. The Balaban J connectivity index is 1.43. The van der Waals surface area contributed by atoms with Gasteiger partial charge in [0.1, 0.15) is 18.6 Å². The summed E-state index contributed by atoms with van der Waals surface area (Å²) in [5.74, 6) is -0.149. The summed E-state index contributed by atoms with van der Waals surface area (Å²) in [7, 11) is 0. The quantitative estimate of drug-likeness (QED) is 0.236. The minimum Gasteiger partial charge on any atom is -0.340 e. The zero-order valence-corrected chi connectivity index (χ0v) is 23.6. The van der Waals surface area contributed by atoms with Gasteiger partial charge in [-0.1, -0.05) is 69.3 Å². The molecular weight excluding hydrogens is 496 g/mol. The molecule has 4 aromatic rings. The van der Waals surface area contributed by atoms with Gasteiger partial charge in [-0.2, -0.15) is 10.0 Å². The minimum atomic E-state index is -0.647. The molecule has 5 rings (SSSR count). The predicted octanol–water partition coefficient (Wildman–Crippen LogP) is 6.66. The van der Waals surface area contributed by atoms with Crippen LogP contribution in [0.1, 0.15) is 56.8 Å². The lowest BCUT2D eigenvalue weighted by atomic mass is 10.0. The normalized spacial score (nSPS) is 19.4. The first-order valence-corrected chi connectivity index (χ1v) is 14.4. The average molecular weight is 536 g/mol. The van der Waals surface area contributed by atoms with Gasteiger partial charge in [0.25, 0.3) is 11.8 Å². The van der Waals surface area contributed by atoms with Crippen molar-refractivity contribution in [2.75, 3.05) is 6.54 Å². The zero-order chi connectivity index (χ0) is 28.1. The maximum Gasteiger partial charge on any atom is 0.287 e. The van der Waals surface area contributed by atoms with Gasteiger partial charge in [-0.15, -0.1) is 0 Å². The Kier molecular flexibility index (Phi) is 8.27. The van der Waals surface area contributed by atoms with E-state index in [1.807, 2.05) is 66.7 Å². The summed E-state index contributed by atoms with van der Waals surface area (Å²) in [6, 6.07) is 27.5. The van der Waals surface area contributed by atoms with E-state index >= 15 is 0 Å². The van der Waals surface area contributed by atoms with Crippen LogP contribution in [-0.2, 0) is 4.79 Å². The zero-order valence-electron chi connectivity index (χ0n) is 23.6. The molecule has 1 saturated heterocycles. The highest BCUT2D eigenvalue weighted by molar-refractivity contribution is 6.00. The van der Waals surface area contributed by atoms with Crippen LogP contribution < -0.4 is 15.3 Å². The molecule has 3 atom stereocenters. The highest BCUT2D eigenvalue weighted by atomic mass is 16.2. The second kappa shape index (κ2) is 12.0. The molecule has 3 aromatic carbocycles. The number of nitrogens with one attached hydrogen (secondary N) is 2. The van der Waals surface area contributed by atoms with Crippen molar-refractivity contribution in [2.24, 2.45) is 5.92 Å². The van der Waals surface area contributed by atoms with E-state index in [1.165, 1.54) is 0 Å². The number of hydrogen-bond donors (Lipinski definition) is 2. The van der Waals surface area contributed by atoms with Crippen molar-refractivity contribution in [3.8, 4) is 11.3 Å². The lowest BCUT2D eigenvalue weighted by Crippen LogP contribution is -2.67. The number of hydrogen-bond acceptors (Lipinski definition) is 3. The second-order valence-corrected chi connectivity index (χ2v) is 11.3. The fourth-order valence-corrected chi connectivity index (χ4v) is 6.04. The molecule has 2 unspecified atom stereocenters. The molecule has 40 heavy (non-hydrogen) atoms. The maximum absolute atomic E-state index is 14.1. The second-order valence-electron chi connectivity index (χ2n) is 11.3. The van der Waals surface area contributed by atoms with Gasteiger partial charge in [-0.25, -0.2) is 0 Å². The van der Waals surface area contributed by atoms with Gasteiger partial charge in [-0.3, -0.25) is 14.6 Å². The van der Waals surface area contributed by atoms with Crippen molar-refractivity contribution in [3.63, 3.8) is 0 Å². The van der Waals surface area contributed by atoms with Crippen LogP contribution in [0.4, 0.5) is 5.69 Å². The van der Waals surface area contributed by atoms with Gasteiger partial charge in [0.15, 0.2) is 5.69 Å². The highest BCUT2D eigenvalue weighted by Gasteiger charge is 2.46. The number of nitrogens with zero attached hydrogens (tertiary/aromatic N) is 2. The van der Waals surface area contributed by atoms with Crippen LogP contribution in [0.5, 0.6) is 0 Å². The fraction of sp³-hybridized carbons (Fsp3) is 0.324. The third kappa shape index (κ3) is 5.77. The largest absolute Gasteiger partial charge is 0.340 e. The molecule has 1 aliphatic heterocycles. The molecule has 0 saturated carbocycles. The van der Waals surface area contributed by atoms with Crippen LogP contribution in [0.25, 0.3) is 22.0 Å². The first-order chi connectivity index (χ1) is 19.4. The van der Waals surface area contributed by atoms with Crippen molar-refractivity contribution in [1.29, 1.82) is 0 Å². The number of benzene rings is 3. The Labute approximate surface area is 237 Å². The molecule has 2 heterocycles. The van der Waals surface area contributed by atoms with Crippen LogP contribution in [0, 0.1) is 5.92 Å². The summed E-state index contributed by atoms with van der Waals surface area (Å²) in [6.07, 6.45) is 5.34. The van der Waals surface area contributed by atoms with E-state index in [0.717, 1.165) is 53.5 Å². The summed E-state index contributed by atoms with van der Waals surface area (Å²) in [6.45, 7) is 7.15. The number of aromatic nitrogens is 1. The Morgan fingerprint density at radius 1 is 0.950 bits per heavy atom. The van der Waals surface area contributed by atoms with E-state index in [0.29, 0.717) is 16.6 Å². The van der Waals surface area contributed by atoms with Gasteiger partial charge >= 0.3 is 0 Å². The van der Waals surface area contributed by atoms with E-state index in [9.17, 15) is 9.59 Å². The van der Waals surface area contributed by atoms with E-state index in [2.05, 4.69) is 54.7 Å². The smallest absolute Gasteiger partial charge is 0.287 e. The minimum absolute atomic E-state index is 0.147. The Bertz CT molecular complexity index is 1490. The molecule has 1 aromatic heterocycles. The number of amides is 2. The Morgan fingerprint density at radius 3 is 2.50 bits per heavy atom. The van der Waals surface area contributed by atoms with Gasteiger partial charge in [0, 0.05) is 42.3 Å². The molecule has 0 radical (unpaired) electrons. The van der Waals surface area contributed by atoms with E-state index in [4.69, 9.17) is 0 Å². The number of pyridine rings is 1. The monoisotopic (exact) mass is 535 g/mol. The van der Waals surface area contributed by atoms with Crippen LogP contribution in [0.15, 0.2) is 91.1 Å². The Morgan fingerprint density at radius 2 is 1.75 bits per heavy atom. The molecule has 206 valence electrons. The van der Waals surface area contributed by atoms with Gasteiger partial charge in [-0.05, 0) is 53.8 Å². The summed E-state index contributed by atoms with van der Waals surface area (Å²) in [5, 5.41) is 5.15. The number of quaternary nitrogens is 1. The lowest BCUT2D eigenvalue weighted by Gasteiger charge is -2.39.